The van der Waals surface area contributed by atoms with Crippen LogP contribution in [0, 0.1) is 0 Å². The molecule has 2 N–H and O–H groups in total. The predicted molar refractivity (Wildman–Crippen MR) is 84.1 cm³/mol. The maximum absolute atomic E-state index is 10.9. The predicted octanol–water partition coefficient (Wildman–Crippen LogP) is 3.10. The van der Waals surface area contributed by atoms with Gasteiger partial charge in [-0.2, -0.15) is 11.3 Å². The molecular weight excluding hydrogens is 266 g/mol. The molecule has 0 saturated heterocycles. The monoisotopic (exact) mass is 287 g/mol. The lowest BCUT2D eigenvalue weighted by molar-refractivity contribution is 0.0364. The fourth-order valence-electron chi connectivity index (χ4n) is 3.03. The first-order chi connectivity index (χ1) is 9.67. The van der Waals surface area contributed by atoms with E-state index in [9.17, 15) is 5.11 Å². The van der Waals surface area contributed by atoms with E-state index in [1.54, 1.807) is 11.3 Å². The SMILES string of the molecule is CC(Cc1ccsc1)NCC1(O)CCc2ccccc21. The molecule has 0 bridgehead atoms. The molecule has 3 heteroatoms. The van der Waals surface area contributed by atoms with Gasteiger partial charge in [-0.1, -0.05) is 24.3 Å². The number of aryl methyl sites for hydroxylation is 1. The number of rotatable bonds is 5. The van der Waals surface area contributed by atoms with Gasteiger partial charge in [0.2, 0.25) is 0 Å². The van der Waals surface area contributed by atoms with Crippen molar-refractivity contribution in [2.24, 2.45) is 0 Å². The zero-order valence-electron chi connectivity index (χ0n) is 11.8. The molecule has 0 spiro atoms. The Labute approximate surface area is 124 Å². The van der Waals surface area contributed by atoms with E-state index in [0.29, 0.717) is 12.6 Å². The first-order valence-corrected chi connectivity index (χ1v) is 8.17. The van der Waals surface area contributed by atoms with Gasteiger partial charge in [-0.15, -0.1) is 0 Å². The number of hydrogen-bond donors (Lipinski definition) is 2. The molecule has 1 aromatic carbocycles. The highest BCUT2D eigenvalue weighted by Gasteiger charge is 2.36. The molecule has 1 aromatic heterocycles. The average Bonchev–Trinajstić information content (AvgIpc) is 3.07. The first-order valence-electron chi connectivity index (χ1n) is 7.23. The van der Waals surface area contributed by atoms with Crippen molar-refractivity contribution in [2.75, 3.05) is 6.54 Å². The number of nitrogens with one attached hydrogen (secondary N) is 1. The van der Waals surface area contributed by atoms with Crippen LogP contribution >= 0.6 is 11.3 Å². The van der Waals surface area contributed by atoms with Crippen molar-refractivity contribution in [3.05, 3.63) is 57.8 Å². The molecule has 2 nitrogen and oxygen atoms in total. The molecule has 106 valence electrons. The Bertz CT molecular complexity index is 566. The van der Waals surface area contributed by atoms with Gasteiger partial charge in [0.15, 0.2) is 0 Å². The summed E-state index contributed by atoms with van der Waals surface area (Å²) in [5.41, 5.74) is 3.07. The summed E-state index contributed by atoms with van der Waals surface area (Å²) in [7, 11) is 0. The molecule has 1 aliphatic carbocycles. The van der Waals surface area contributed by atoms with Gasteiger partial charge < -0.3 is 10.4 Å². The van der Waals surface area contributed by atoms with Crippen molar-refractivity contribution >= 4 is 11.3 Å². The van der Waals surface area contributed by atoms with Gasteiger partial charge in [0.05, 0.1) is 0 Å². The third-order valence-electron chi connectivity index (χ3n) is 4.19. The highest BCUT2D eigenvalue weighted by Crippen LogP contribution is 2.36. The van der Waals surface area contributed by atoms with Crippen LogP contribution in [0.1, 0.15) is 30.0 Å². The lowest BCUT2D eigenvalue weighted by atomic mass is 9.95. The molecular formula is C17H21NOS. The van der Waals surface area contributed by atoms with Crippen LogP contribution in [-0.2, 0) is 18.4 Å². The molecule has 2 unspecified atom stereocenters. The summed E-state index contributed by atoms with van der Waals surface area (Å²) in [5.74, 6) is 0. The molecule has 2 atom stereocenters. The summed E-state index contributed by atoms with van der Waals surface area (Å²) in [6.45, 7) is 2.82. The van der Waals surface area contributed by atoms with E-state index in [-0.39, 0.29) is 0 Å². The van der Waals surface area contributed by atoms with E-state index in [1.807, 2.05) is 6.07 Å². The lowest BCUT2D eigenvalue weighted by Crippen LogP contribution is -2.41. The van der Waals surface area contributed by atoms with Gasteiger partial charge in [0, 0.05) is 12.6 Å². The van der Waals surface area contributed by atoms with Gasteiger partial charge in [0.1, 0.15) is 5.60 Å². The Hall–Kier alpha value is -1.16. The Balaban J connectivity index is 1.61. The molecule has 1 aliphatic rings. The van der Waals surface area contributed by atoms with Gasteiger partial charge >= 0.3 is 0 Å². The van der Waals surface area contributed by atoms with Crippen LogP contribution in [-0.4, -0.2) is 17.7 Å². The molecule has 0 amide bonds. The first kappa shape index (κ1) is 13.8. The van der Waals surface area contributed by atoms with Crippen molar-refractivity contribution in [3.63, 3.8) is 0 Å². The molecule has 3 rings (SSSR count). The second-order valence-corrected chi connectivity index (χ2v) is 6.59. The summed E-state index contributed by atoms with van der Waals surface area (Å²) in [5, 5.41) is 18.7. The van der Waals surface area contributed by atoms with Crippen LogP contribution < -0.4 is 5.32 Å². The van der Waals surface area contributed by atoms with Crippen LogP contribution in [0.2, 0.25) is 0 Å². The zero-order valence-corrected chi connectivity index (χ0v) is 12.6. The summed E-state index contributed by atoms with van der Waals surface area (Å²) in [4.78, 5) is 0. The molecule has 0 radical (unpaired) electrons. The minimum absolute atomic E-state index is 0.376. The molecule has 2 aromatic rings. The van der Waals surface area contributed by atoms with Crippen LogP contribution in [0.4, 0.5) is 0 Å². The van der Waals surface area contributed by atoms with Gasteiger partial charge in [-0.05, 0) is 59.7 Å². The summed E-state index contributed by atoms with van der Waals surface area (Å²) in [6.07, 6.45) is 2.82. The Morgan fingerprint density at radius 3 is 3.00 bits per heavy atom. The van der Waals surface area contributed by atoms with Gasteiger partial charge in [-0.3, -0.25) is 0 Å². The van der Waals surface area contributed by atoms with Gasteiger partial charge in [-0.25, -0.2) is 0 Å². The van der Waals surface area contributed by atoms with Crippen LogP contribution in [0.25, 0.3) is 0 Å². The Kier molecular flexibility index (Phi) is 3.92. The maximum atomic E-state index is 10.9. The van der Waals surface area contributed by atoms with Crippen molar-refractivity contribution in [2.45, 2.75) is 37.8 Å². The smallest absolute Gasteiger partial charge is 0.103 e. The van der Waals surface area contributed by atoms with E-state index < -0.39 is 5.60 Å². The number of fused-ring (bicyclic) bond motifs is 1. The maximum Gasteiger partial charge on any atom is 0.103 e. The van der Waals surface area contributed by atoms with Crippen molar-refractivity contribution in [1.29, 1.82) is 0 Å². The second kappa shape index (κ2) is 5.68. The Morgan fingerprint density at radius 2 is 2.20 bits per heavy atom. The van der Waals surface area contributed by atoms with E-state index in [2.05, 4.69) is 47.3 Å². The van der Waals surface area contributed by atoms with E-state index >= 15 is 0 Å². The summed E-state index contributed by atoms with van der Waals surface area (Å²) >= 11 is 1.74. The molecule has 0 saturated carbocycles. The average molecular weight is 287 g/mol. The van der Waals surface area contributed by atoms with Crippen molar-refractivity contribution in [1.82, 2.24) is 5.32 Å². The number of benzene rings is 1. The fraction of sp³-hybridized carbons (Fsp3) is 0.412. The number of aliphatic hydroxyl groups is 1. The van der Waals surface area contributed by atoms with E-state index in [0.717, 1.165) is 24.8 Å². The highest BCUT2D eigenvalue weighted by atomic mass is 32.1. The van der Waals surface area contributed by atoms with Crippen LogP contribution in [0.5, 0.6) is 0 Å². The third-order valence-corrected chi connectivity index (χ3v) is 4.92. The minimum atomic E-state index is -0.695. The number of thiophene rings is 1. The normalized spacial score (nSPS) is 22.7. The van der Waals surface area contributed by atoms with Crippen LogP contribution in [0.15, 0.2) is 41.1 Å². The van der Waals surface area contributed by atoms with E-state index in [4.69, 9.17) is 0 Å². The quantitative estimate of drug-likeness (QED) is 0.885. The molecule has 0 aliphatic heterocycles. The number of hydrogen-bond acceptors (Lipinski definition) is 3. The summed E-state index contributed by atoms with van der Waals surface area (Å²) < 4.78 is 0. The van der Waals surface area contributed by atoms with Crippen molar-refractivity contribution < 1.29 is 5.11 Å². The second-order valence-electron chi connectivity index (χ2n) is 5.81. The standard InChI is InChI=1S/C17H21NOS/c1-13(10-14-7-9-20-11-14)18-12-17(19)8-6-15-4-2-3-5-16(15)17/h2-5,7,9,11,13,18-19H,6,8,10,12H2,1H3. The topological polar surface area (TPSA) is 32.3 Å². The molecule has 20 heavy (non-hydrogen) atoms. The van der Waals surface area contributed by atoms with E-state index in [1.165, 1.54) is 11.1 Å². The zero-order chi connectivity index (χ0) is 14.0. The molecule has 0 fully saturated rings. The largest absolute Gasteiger partial charge is 0.384 e. The molecule has 1 heterocycles. The van der Waals surface area contributed by atoms with Gasteiger partial charge in [0.25, 0.3) is 0 Å². The minimum Gasteiger partial charge on any atom is -0.384 e. The van der Waals surface area contributed by atoms with Crippen LogP contribution in [0.3, 0.4) is 0 Å². The van der Waals surface area contributed by atoms with Crippen molar-refractivity contribution in [3.8, 4) is 0 Å². The lowest BCUT2D eigenvalue weighted by Gasteiger charge is -2.26. The fourth-order valence-corrected chi connectivity index (χ4v) is 3.71. The third kappa shape index (κ3) is 2.80. The summed E-state index contributed by atoms with van der Waals surface area (Å²) in [6, 6.07) is 10.8. The Morgan fingerprint density at radius 1 is 1.35 bits per heavy atom. The highest BCUT2D eigenvalue weighted by molar-refractivity contribution is 7.07.